The Morgan fingerprint density at radius 1 is 0.912 bits per heavy atom. The van der Waals surface area contributed by atoms with Gasteiger partial charge in [-0.25, -0.2) is 4.90 Å². The Kier molecular flexibility index (Phi) is 6.33. The number of carboxylic acid groups (broad SMARTS) is 1. The third-order valence-electron chi connectivity index (χ3n) is 5.22. The minimum Gasteiger partial charge on any atom is -0.480 e. The zero-order valence-electron chi connectivity index (χ0n) is 18.0. The number of aliphatic carboxylic acids is 1. The van der Waals surface area contributed by atoms with Crippen LogP contribution in [0.4, 0.5) is 5.69 Å². The van der Waals surface area contributed by atoms with Gasteiger partial charge in [0.15, 0.2) is 0 Å². The topological polar surface area (TPSA) is 103 Å². The van der Waals surface area contributed by atoms with Crippen LogP contribution in [0, 0.1) is 11.3 Å². The number of anilines is 1. The van der Waals surface area contributed by atoms with E-state index >= 15 is 0 Å². The van der Waals surface area contributed by atoms with Gasteiger partial charge in [-0.05, 0) is 36.4 Å². The van der Waals surface area contributed by atoms with Crippen LogP contribution in [0.25, 0.3) is 17.0 Å². The van der Waals surface area contributed by atoms with Gasteiger partial charge in [-0.15, -0.1) is 0 Å². The van der Waals surface area contributed by atoms with E-state index in [-0.39, 0.29) is 12.1 Å². The number of fused-ring (bicyclic) bond motifs is 1. The average Bonchev–Trinajstić information content (AvgIpc) is 3.20. The summed E-state index contributed by atoms with van der Waals surface area (Å²) in [6.45, 7) is -0.271. The molecule has 34 heavy (non-hydrogen) atoms. The van der Waals surface area contributed by atoms with Crippen molar-refractivity contribution in [2.24, 2.45) is 0 Å². The maximum absolute atomic E-state index is 13.5. The van der Waals surface area contributed by atoms with Crippen LogP contribution in [-0.2, 0) is 16.1 Å². The summed E-state index contributed by atoms with van der Waals surface area (Å²) in [5.74, 6) is -2.36. The van der Waals surface area contributed by atoms with Crippen LogP contribution >= 0.6 is 0 Å². The van der Waals surface area contributed by atoms with E-state index in [1.807, 2.05) is 6.07 Å². The molecular weight excluding hydrogens is 430 g/mol. The number of benzene rings is 3. The number of carbonyl (C=O) groups is 3. The first-order valence-electron chi connectivity index (χ1n) is 10.4. The molecule has 166 valence electrons. The summed E-state index contributed by atoms with van der Waals surface area (Å²) >= 11 is 0. The molecule has 2 amide bonds. The fourth-order valence-corrected chi connectivity index (χ4v) is 3.70. The van der Waals surface area contributed by atoms with Gasteiger partial charge in [-0.3, -0.25) is 14.4 Å². The number of aromatic nitrogens is 1. The van der Waals surface area contributed by atoms with Crippen LogP contribution < -0.4 is 4.90 Å². The molecule has 1 aromatic heterocycles. The number of nitrogens with zero attached hydrogens (tertiary/aromatic N) is 3. The largest absolute Gasteiger partial charge is 0.480 e. The third kappa shape index (κ3) is 4.47. The van der Waals surface area contributed by atoms with Gasteiger partial charge < -0.3 is 9.67 Å². The van der Waals surface area contributed by atoms with Crippen molar-refractivity contribution in [2.75, 3.05) is 4.90 Å². The van der Waals surface area contributed by atoms with E-state index in [4.69, 9.17) is 0 Å². The van der Waals surface area contributed by atoms with Crippen molar-refractivity contribution in [1.29, 1.82) is 5.26 Å². The van der Waals surface area contributed by atoms with Gasteiger partial charge in [0.1, 0.15) is 18.2 Å². The zero-order chi connectivity index (χ0) is 24.1. The lowest BCUT2D eigenvalue weighted by atomic mass is 10.1. The molecule has 7 heteroatoms. The van der Waals surface area contributed by atoms with Crippen molar-refractivity contribution >= 4 is 40.4 Å². The minimum absolute atomic E-state index is 0.258. The lowest BCUT2D eigenvalue weighted by Gasteiger charge is -2.20. The number of nitriles is 1. The summed E-state index contributed by atoms with van der Waals surface area (Å²) in [5, 5.41) is 19.8. The first kappa shape index (κ1) is 22.2. The molecule has 0 spiro atoms. The van der Waals surface area contributed by atoms with Crippen molar-refractivity contribution in [2.45, 2.75) is 6.54 Å². The number of amides is 2. The summed E-state index contributed by atoms with van der Waals surface area (Å²) in [4.78, 5) is 39.1. The third-order valence-corrected chi connectivity index (χ3v) is 5.22. The Morgan fingerprint density at radius 2 is 1.53 bits per heavy atom. The highest BCUT2D eigenvalue weighted by Gasteiger charge is 2.28. The van der Waals surface area contributed by atoms with Crippen molar-refractivity contribution in [3.63, 3.8) is 0 Å². The number of rotatable bonds is 6. The van der Waals surface area contributed by atoms with Crippen LogP contribution in [0.15, 0.2) is 96.7 Å². The molecule has 0 fully saturated rings. The number of carboxylic acids is 1. The van der Waals surface area contributed by atoms with Crippen molar-refractivity contribution in [3.8, 4) is 6.07 Å². The lowest BCUT2D eigenvalue weighted by molar-refractivity contribution is -0.137. The molecule has 0 aliphatic heterocycles. The van der Waals surface area contributed by atoms with E-state index in [2.05, 4.69) is 0 Å². The summed E-state index contributed by atoms with van der Waals surface area (Å²) in [6.07, 6.45) is 2.96. The molecule has 0 atom stereocenters. The summed E-state index contributed by atoms with van der Waals surface area (Å²) in [6, 6.07) is 25.8. The summed E-state index contributed by atoms with van der Waals surface area (Å²) in [5.41, 5.74) is 1.53. The van der Waals surface area contributed by atoms with Gasteiger partial charge in [0.25, 0.3) is 11.8 Å². The molecule has 0 unspecified atom stereocenters. The van der Waals surface area contributed by atoms with Crippen LogP contribution in [0.5, 0.6) is 0 Å². The number of carbonyl (C=O) groups excluding carboxylic acids is 2. The SMILES string of the molecule is N#CC(=Cc1cn(CC(=O)O)c2ccccc12)C(=O)N(C(=O)c1ccccc1)c1ccccc1. The zero-order valence-corrected chi connectivity index (χ0v) is 18.0. The van der Waals surface area contributed by atoms with Crippen molar-refractivity contribution < 1.29 is 19.5 Å². The molecule has 7 nitrogen and oxygen atoms in total. The normalized spacial score (nSPS) is 11.1. The van der Waals surface area contributed by atoms with Crippen molar-refractivity contribution in [1.82, 2.24) is 4.57 Å². The molecule has 0 radical (unpaired) electrons. The first-order chi connectivity index (χ1) is 16.5. The maximum atomic E-state index is 13.5. The Bertz CT molecular complexity index is 1450. The number of hydrogen-bond donors (Lipinski definition) is 1. The molecular formula is C27H19N3O4. The molecule has 4 rings (SSSR count). The molecule has 0 saturated carbocycles. The molecule has 1 N–H and O–H groups in total. The van der Waals surface area contributed by atoms with Gasteiger partial charge in [-0.1, -0.05) is 54.6 Å². The van der Waals surface area contributed by atoms with E-state index in [1.54, 1.807) is 91.1 Å². The van der Waals surface area contributed by atoms with Gasteiger partial charge in [-0.2, -0.15) is 5.26 Å². The van der Waals surface area contributed by atoms with E-state index in [0.29, 0.717) is 27.7 Å². The Labute approximate surface area is 195 Å². The monoisotopic (exact) mass is 449 g/mol. The molecule has 0 bridgehead atoms. The molecule has 4 aromatic rings. The Morgan fingerprint density at radius 3 is 2.18 bits per heavy atom. The van der Waals surface area contributed by atoms with E-state index in [1.165, 1.54) is 10.6 Å². The van der Waals surface area contributed by atoms with Crippen LogP contribution in [0.3, 0.4) is 0 Å². The fourth-order valence-electron chi connectivity index (χ4n) is 3.70. The Balaban J connectivity index is 1.81. The predicted molar refractivity (Wildman–Crippen MR) is 128 cm³/mol. The molecule has 3 aromatic carbocycles. The Hall–Kier alpha value is -4.96. The maximum Gasteiger partial charge on any atom is 0.323 e. The quantitative estimate of drug-likeness (QED) is 0.345. The van der Waals surface area contributed by atoms with E-state index in [0.717, 1.165) is 4.90 Å². The highest BCUT2D eigenvalue weighted by Crippen LogP contribution is 2.25. The average molecular weight is 449 g/mol. The fraction of sp³-hybridized carbons (Fsp3) is 0.0370. The van der Waals surface area contributed by atoms with Gasteiger partial charge in [0.2, 0.25) is 0 Å². The number of para-hydroxylation sites is 2. The van der Waals surface area contributed by atoms with Crippen LogP contribution in [0.1, 0.15) is 15.9 Å². The second-order valence-electron chi connectivity index (χ2n) is 7.44. The van der Waals surface area contributed by atoms with Gasteiger partial charge in [0, 0.05) is 28.2 Å². The molecule has 0 aliphatic carbocycles. The molecule has 0 saturated heterocycles. The van der Waals surface area contributed by atoms with Crippen molar-refractivity contribution in [3.05, 3.63) is 108 Å². The number of imide groups is 1. The number of hydrogen-bond acceptors (Lipinski definition) is 4. The van der Waals surface area contributed by atoms with Gasteiger partial charge in [0.05, 0.1) is 5.69 Å². The molecule has 0 aliphatic rings. The standard InChI is InChI=1S/C27H19N3O4/c28-16-20(15-21-17-29(18-25(31)32)24-14-8-7-13-23(21)24)27(34)30(22-11-5-2-6-12-22)26(33)19-9-3-1-4-10-19/h1-15,17H,18H2,(H,31,32). The van der Waals surface area contributed by atoms with Crippen LogP contribution in [-0.4, -0.2) is 27.5 Å². The summed E-state index contributed by atoms with van der Waals surface area (Å²) in [7, 11) is 0. The molecule has 1 heterocycles. The smallest absolute Gasteiger partial charge is 0.323 e. The van der Waals surface area contributed by atoms with Crippen LogP contribution in [0.2, 0.25) is 0 Å². The highest BCUT2D eigenvalue weighted by atomic mass is 16.4. The second kappa shape index (κ2) is 9.67. The summed E-state index contributed by atoms with van der Waals surface area (Å²) < 4.78 is 1.53. The lowest BCUT2D eigenvalue weighted by Crippen LogP contribution is -2.37. The second-order valence-corrected chi connectivity index (χ2v) is 7.44. The first-order valence-corrected chi connectivity index (χ1v) is 10.4. The minimum atomic E-state index is -1.02. The van der Waals surface area contributed by atoms with E-state index < -0.39 is 17.8 Å². The van der Waals surface area contributed by atoms with E-state index in [9.17, 15) is 24.8 Å². The van der Waals surface area contributed by atoms with Gasteiger partial charge >= 0.3 is 5.97 Å². The predicted octanol–water partition coefficient (Wildman–Crippen LogP) is 4.51. The highest BCUT2D eigenvalue weighted by molar-refractivity contribution is 6.27.